The van der Waals surface area contributed by atoms with Gasteiger partial charge < -0.3 is 9.47 Å². The van der Waals surface area contributed by atoms with Gasteiger partial charge in [0, 0.05) is 44.3 Å². The Morgan fingerprint density at radius 1 is 1.30 bits per heavy atom. The quantitative estimate of drug-likeness (QED) is 0.633. The van der Waals surface area contributed by atoms with Gasteiger partial charge in [0.05, 0.1) is 6.07 Å². The summed E-state index contributed by atoms with van der Waals surface area (Å²) >= 11 is 0. The van der Waals surface area contributed by atoms with Crippen molar-refractivity contribution < 1.29 is 9.59 Å². The van der Waals surface area contributed by atoms with Crippen molar-refractivity contribution in [3.05, 3.63) is 47.5 Å². The molecule has 0 saturated carbocycles. The molecule has 1 aliphatic heterocycles. The van der Waals surface area contributed by atoms with E-state index in [4.69, 9.17) is 0 Å². The number of carbonyl (C=O) groups excluding carboxylic acids is 2. The number of Topliss-reactive ketones (excluding diaryl/α,β-unsaturated/α-hetero) is 2. The zero-order chi connectivity index (χ0) is 16.6. The first kappa shape index (κ1) is 15.0. The van der Waals surface area contributed by atoms with Crippen molar-refractivity contribution in [3.63, 3.8) is 0 Å². The summed E-state index contributed by atoms with van der Waals surface area (Å²) in [6.07, 6.45) is 4.02. The van der Waals surface area contributed by atoms with E-state index in [0.29, 0.717) is 5.56 Å². The molecule has 1 atom stereocenters. The third-order valence-electron chi connectivity index (χ3n) is 4.19. The van der Waals surface area contributed by atoms with E-state index >= 15 is 0 Å². The standard InChI is InChI=1S/C17H16N4O2/c1-20-7-5-11-3-4-12(9-14(11)20)15(22)13(10-18)16(23)17-19-6-8-21(17)2/h3-4,6,8-9,13H,5,7H2,1-2H3. The number of carbonyl (C=O) groups is 2. The number of hydrogen-bond donors (Lipinski definition) is 0. The molecule has 0 radical (unpaired) electrons. The molecule has 0 N–H and O–H groups in total. The van der Waals surface area contributed by atoms with E-state index < -0.39 is 17.5 Å². The second kappa shape index (κ2) is 5.69. The number of likely N-dealkylation sites (N-methyl/N-ethyl adjacent to an activating group) is 1. The highest BCUT2D eigenvalue weighted by molar-refractivity contribution is 6.17. The predicted molar refractivity (Wildman–Crippen MR) is 84.4 cm³/mol. The number of rotatable bonds is 4. The number of ketones is 2. The van der Waals surface area contributed by atoms with Crippen LogP contribution in [0.15, 0.2) is 30.6 Å². The number of nitriles is 1. The molecule has 0 spiro atoms. The van der Waals surface area contributed by atoms with Crippen LogP contribution in [-0.2, 0) is 13.5 Å². The van der Waals surface area contributed by atoms with Gasteiger partial charge in [0.15, 0.2) is 17.5 Å². The molecular weight excluding hydrogens is 292 g/mol. The van der Waals surface area contributed by atoms with Crippen molar-refractivity contribution in [1.29, 1.82) is 5.26 Å². The lowest BCUT2D eigenvalue weighted by Crippen LogP contribution is -2.25. The normalized spacial score (nSPS) is 14.2. The van der Waals surface area contributed by atoms with E-state index in [-0.39, 0.29) is 5.82 Å². The summed E-state index contributed by atoms with van der Waals surface area (Å²) in [5, 5.41) is 9.32. The van der Waals surface area contributed by atoms with Gasteiger partial charge in [-0.25, -0.2) is 4.98 Å². The zero-order valence-electron chi connectivity index (χ0n) is 13.0. The smallest absolute Gasteiger partial charge is 0.223 e. The van der Waals surface area contributed by atoms with Crippen molar-refractivity contribution >= 4 is 17.3 Å². The first-order valence-corrected chi connectivity index (χ1v) is 7.32. The minimum absolute atomic E-state index is 0.114. The van der Waals surface area contributed by atoms with Crippen LogP contribution < -0.4 is 4.90 Å². The highest BCUT2D eigenvalue weighted by atomic mass is 16.2. The molecule has 1 aliphatic rings. The Hall–Kier alpha value is -2.94. The van der Waals surface area contributed by atoms with Crippen LogP contribution in [-0.4, -0.2) is 34.7 Å². The van der Waals surface area contributed by atoms with Crippen LogP contribution in [0.3, 0.4) is 0 Å². The molecule has 1 unspecified atom stereocenters. The summed E-state index contributed by atoms with van der Waals surface area (Å²) < 4.78 is 1.51. The molecule has 0 fully saturated rings. The Balaban J connectivity index is 1.93. The molecule has 2 heterocycles. The van der Waals surface area contributed by atoms with Gasteiger partial charge in [0.1, 0.15) is 0 Å². The van der Waals surface area contributed by atoms with Crippen LogP contribution >= 0.6 is 0 Å². The van der Waals surface area contributed by atoms with E-state index in [1.165, 1.54) is 16.3 Å². The van der Waals surface area contributed by atoms with E-state index in [1.54, 1.807) is 25.4 Å². The van der Waals surface area contributed by atoms with Gasteiger partial charge in [0.25, 0.3) is 0 Å². The zero-order valence-corrected chi connectivity index (χ0v) is 13.0. The Kier molecular flexibility index (Phi) is 3.70. The molecule has 116 valence electrons. The molecule has 1 aromatic heterocycles. The van der Waals surface area contributed by atoms with Gasteiger partial charge >= 0.3 is 0 Å². The fraction of sp³-hybridized carbons (Fsp3) is 0.294. The summed E-state index contributed by atoms with van der Waals surface area (Å²) in [6.45, 7) is 0.904. The van der Waals surface area contributed by atoms with Crippen LogP contribution in [0.1, 0.15) is 26.5 Å². The molecule has 6 heteroatoms. The summed E-state index contributed by atoms with van der Waals surface area (Å²) in [6, 6.07) is 7.18. The van der Waals surface area contributed by atoms with Gasteiger partial charge in [-0.15, -0.1) is 0 Å². The maximum atomic E-state index is 12.6. The molecular formula is C17H16N4O2. The van der Waals surface area contributed by atoms with E-state index in [9.17, 15) is 14.9 Å². The fourth-order valence-electron chi connectivity index (χ4n) is 2.83. The molecule has 0 aliphatic carbocycles. The van der Waals surface area contributed by atoms with Crippen LogP contribution in [0.5, 0.6) is 0 Å². The molecule has 23 heavy (non-hydrogen) atoms. The largest absolute Gasteiger partial charge is 0.374 e. The van der Waals surface area contributed by atoms with Gasteiger partial charge in [-0.2, -0.15) is 5.26 Å². The molecule has 0 amide bonds. The topological polar surface area (TPSA) is 79.0 Å². The SMILES string of the molecule is CN1CCc2ccc(C(=O)C(C#N)C(=O)c3nccn3C)cc21. The Morgan fingerprint density at radius 3 is 2.74 bits per heavy atom. The third kappa shape index (κ3) is 2.50. The summed E-state index contributed by atoms with van der Waals surface area (Å²) in [7, 11) is 3.62. The average molecular weight is 308 g/mol. The number of benzene rings is 1. The summed E-state index contributed by atoms with van der Waals surface area (Å²) in [5.41, 5.74) is 2.54. The molecule has 3 rings (SSSR count). The Labute approximate surface area is 134 Å². The van der Waals surface area contributed by atoms with Crippen LogP contribution in [0.4, 0.5) is 5.69 Å². The fourth-order valence-corrected chi connectivity index (χ4v) is 2.83. The Bertz CT molecular complexity index is 831. The van der Waals surface area contributed by atoms with Gasteiger partial charge in [0.2, 0.25) is 5.78 Å². The highest BCUT2D eigenvalue weighted by Crippen LogP contribution is 2.28. The highest BCUT2D eigenvalue weighted by Gasteiger charge is 2.31. The second-order valence-corrected chi connectivity index (χ2v) is 5.67. The van der Waals surface area contributed by atoms with Crippen LogP contribution in [0.2, 0.25) is 0 Å². The van der Waals surface area contributed by atoms with Crippen molar-refractivity contribution in [2.24, 2.45) is 13.0 Å². The number of imidazole rings is 1. The third-order valence-corrected chi connectivity index (χ3v) is 4.19. The second-order valence-electron chi connectivity index (χ2n) is 5.67. The number of nitrogens with zero attached hydrogens (tertiary/aromatic N) is 4. The lowest BCUT2D eigenvalue weighted by molar-refractivity contribution is 0.0838. The number of fused-ring (bicyclic) bond motifs is 1. The van der Waals surface area contributed by atoms with Crippen LogP contribution in [0, 0.1) is 17.2 Å². The minimum Gasteiger partial charge on any atom is -0.374 e. The maximum absolute atomic E-state index is 12.6. The number of aryl methyl sites for hydroxylation is 1. The first-order chi connectivity index (χ1) is 11.0. The number of aromatic nitrogens is 2. The van der Waals surface area contributed by atoms with E-state index in [2.05, 4.69) is 9.88 Å². The predicted octanol–water partition coefficient (Wildman–Crippen LogP) is 1.62. The minimum atomic E-state index is -1.37. The van der Waals surface area contributed by atoms with Gasteiger partial charge in [-0.3, -0.25) is 9.59 Å². The lowest BCUT2D eigenvalue weighted by Gasteiger charge is -2.13. The van der Waals surface area contributed by atoms with Crippen molar-refractivity contribution in [3.8, 4) is 6.07 Å². The van der Waals surface area contributed by atoms with E-state index in [1.807, 2.05) is 19.2 Å². The Morgan fingerprint density at radius 2 is 2.09 bits per heavy atom. The summed E-state index contributed by atoms with van der Waals surface area (Å²) in [4.78, 5) is 31.1. The molecule has 1 aromatic carbocycles. The molecule has 6 nitrogen and oxygen atoms in total. The average Bonchev–Trinajstić information content (AvgIpc) is 3.14. The van der Waals surface area contributed by atoms with Crippen molar-refractivity contribution in [2.75, 3.05) is 18.5 Å². The van der Waals surface area contributed by atoms with Crippen molar-refractivity contribution in [1.82, 2.24) is 9.55 Å². The summed E-state index contributed by atoms with van der Waals surface area (Å²) in [5.74, 6) is -2.31. The van der Waals surface area contributed by atoms with Gasteiger partial charge in [-0.05, 0) is 18.1 Å². The van der Waals surface area contributed by atoms with E-state index in [0.717, 1.165) is 18.7 Å². The van der Waals surface area contributed by atoms with Crippen LogP contribution in [0.25, 0.3) is 0 Å². The number of anilines is 1. The van der Waals surface area contributed by atoms with Gasteiger partial charge in [-0.1, -0.05) is 12.1 Å². The molecule has 2 aromatic rings. The lowest BCUT2D eigenvalue weighted by atomic mass is 9.93. The first-order valence-electron chi connectivity index (χ1n) is 7.32. The molecule has 0 saturated heterocycles. The monoisotopic (exact) mass is 308 g/mol. The number of hydrogen-bond acceptors (Lipinski definition) is 5. The molecule has 0 bridgehead atoms. The maximum Gasteiger partial charge on any atom is 0.223 e. The van der Waals surface area contributed by atoms with Crippen molar-refractivity contribution in [2.45, 2.75) is 6.42 Å².